The number of benzene rings is 1. The van der Waals surface area contributed by atoms with Gasteiger partial charge >= 0.3 is 12.5 Å². The number of hydrogen-bond donors (Lipinski definition) is 2. The first-order chi connectivity index (χ1) is 13.5. The van der Waals surface area contributed by atoms with Crippen molar-refractivity contribution in [1.29, 1.82) is 0 Å². The van der Waals surface area contributed by atoms with E-state index in [0.29, 0.717) is 31.0 Å². The number of amides is 1. The second-order valence-corrected chi connectivity index (χ2v) is 7.63. The summed E-state index contributed by atoms with van der Waals surface area (Å²) in [5.74, 6) is 0.272. The van der Waals surface area contributed by atoms with Crippen LogP contribution >= 0.6 is 24.0 Å². The largest absolute Gasteiger partial charge is 0.573 e. The quantitative estimate of drug-likeness (QED) is 0.342. The molecule has 0 spiro atoms. The van der Waals surface area contributed by atoms with Crippen molar-refractivity contribution in [2.24, 2.45) is 4.99 Å². The number of carbonyl (C=O) groups excluding carboxylic acids is 1. The highest BCUT2D eigenvalue weighted by Gasteiger charge is 2.32. The summed E-state index contributed by atoms with van der Waals surface area (Å²) in [7, 11) is 1.59. The van der Waals surface area contributed by atoms with Crippen molar-refractivity contribution >= 4 is 36.0 Å². The average Bonchev–Trinajstić information content (AvgIpc) is 3.02. The van der Waals surface area contributed by atoms with Crippen LogP contribution in [0.4, 0.5) is 18.0 Å². The number of nitrogens with one attached hydrogen (secondary N) is 2. The first kappa shape index (κ1) is 26.1. The first-order valence-electron chi connectivity index (χ1n) is 9.25. The molecule has 0 aliphatic carbocycles. The predicted molar refractivity (Wildman–Crippen MR) is 118 cm³/mol. The molecule has 1 aliphatic heterocycles. The monoisotopic (exact) mass is 544 g/mol. The number of rotatable bonds is 4. The van der Waals surface area contributed by atoms with Crippen molar-refractivity contribution in [3.63, 3.8) is 0 Å². The third kappa shape index (κ3) is 8.84. The van der Waals surface area contributed by atoms with Gasteiger partial charge in [0.1, 0.15) is 11.4 Å². The Kier molecular flexibility index (Phi) is 9.50. The Morgan fingerprint density at radius 1 is 1.27 bits per heavy atom. The number of hydrogen-bond acceptors (Lipinski definition) is 4. The molecular weight excluding hydrogens is 516 g/mol. The van der Waals surface area contributed by atoms with Crippen LogP contribution in [0.25, 0.3) is 0 Å². The molecule has 30 heavy (non-hydrogen) atoms. The van der Waals surface area contributed by atoms with E-state index in [1.54, 1.807) is 40.0 Å². The molecule has 11 heteroatoms. The molecule has 2 rings (SSSR count). The molecule has 1 heterocycles. The molecule has 1 atom stereocenters. The van der Waals surface area contributed by atoms with Gasteiger partial charge in [0.2, 0.25) is 0 Å². The predicted octanol–water partition coefficient (Wildman–Crippen LogP) is 3.88. The van der Waals surface area contributed by atoms with Crippen LogP contribution in [0.5, 0.6) is 5.75 Å². The highest BCUT2D eigenvalue weighted by Crippen LogP contribution is 2.26. The van der Waals surface area contributed by atoms with Crippen molar-refractivity contribution in [2.75, 3.05) is 20.1 Å². The number of likely N-dealkylation sites (tertiary alicyclic amines) is 1. The van der Waals surface area contributed by atoms with Crippen LogP contribution in [0, 0.1) is 0 Å². The van der Waals surface area contributed by atoms with Crippen LogP contribution in [0.3, 0.4) is 0 Å². The van der Waals surface area contributed by atoms with Gasteiger partial charge in [-0.3, -0.25) is 4.99 Å². The zero-order valence-electron chi connectivity index (χ0n) is 17.4. The summed E-state index contributed by atoms with van der Waals surface area (Å²) in [4.78, 5) is 18.0. The van der Waals surface area contributed by atoms with E-state index in [4.69, 9.17) is 4.74 Å². The second-order valence-electron chi connectivity index (χ2n) is 7.63. The zero-order valence-corrected chi connectivity index (χ0v) is 19.7. The van der Waals surface area contributed by atoms with E-state index in [-0.39, 0.29) is 42.3 Å². The Morgan fingerprint density at radius 2 is 1.93 bits per heavy atom. The number of alkyl halides is 3. The Balaban J connectivity index is 0.00000450. The molecule has 1 aromatic carbocycles. The maximum Gasteiger partial charge on any atom is 0.573 e. The van der Waals surface area contributed by atoms with Crippen molar-refractivity contribution in [2.45, 2.75) is 51.7 Å². The Morgan fingerprint density at radius 3 is 2.53 bits per heavy atom. The molecule has 0 radical (unpaired) electrons. The minimum atomic E-state index is -4.76. The molecular formula is C19H28F3IN4O3. The third-order valence-corrected chi connectivity index (χ3v) is 4.06. The Bertz CT molecular complexity index is 738. The number of guanidine groups is 1. The van der Waals surface area contributed by atoms with E-state index in [9.17, 15) is 18.0 Å². The third-order valence-electron chi connectivity index (χ3n) is 4.06. The molecule has 1 amide bonds. The maximum absolute atomic E-state index is 12.6. The fraction of sp³-hybridized carbons (Fsp3) is 0.579. The molecule has 1 saturated heterocycles. The first-order valence-corrected chi connectivity index (χ1v) is 9.25. The van der Waals surface area contributed by atoms with Crippen molar-refractivity contribution in [3.05, 3.63) is 29.8 Å². The normalized spacial score (nSPS) is 17.2. The summed E-state index contributed by atoms with van der Waals surface area (Å²) >= 11 is 0. The summed E-state index contributed by atoms with van der Waals surface area (Å²) in [5, 5.41) is 5.87. The van der Waals surface area contributed by atoms with Crippen LogP contribution in [0.2, 0.25) is 0 Å². The van der Waals surface area contributed by atoms with Gasteiger partial charge in [-0.15, -0.1) is 37.1 Å². The smallest absolute Gasteiger partial charge is 0.444 e. The van der Waals surface area contributed by atoms with Crippen LogP contribution in [-0.4, -0.2) is 55.1 Å². The van der Waals surface area contributed by atoms with Gasteiger partial charge in [0.15, 0.2) is 5.96 Å². The zero-order chi connectivity index (χ0) is 21.7. The maximum atomic E-state index is 12.6. The number of halogens is 4. The van der Waals surface area contributed by atoms with E-state index < -0.39 is 18.1 Å². The summed E-state index contributed by atoms with van der Waals surface area (Å²) in [5.41, 5.74) is -0.222. The average molecular weight is 544 g/mol. The summed E-state index contributed by atoms with van der Waals surface area (Å²) in [6.07, 6.45) is -4.54. The SMILES string of the molecule is CN=C(NCc1ccccc1OC(F)(F)F)N1CCC(NC(=O)OC(C)(C)C)C1.I. The van der Waals surface area contributed by atoms with Gasteiger partial charge in [-0.1, -0.05) is 18.2 Å². The molecule has 2 N–H and O–H groups in total. The van der Waals surface area contributed by atoms with Crippen LogP contribution in [-0.2, 0) is 11.3 Å². The number of para-hydroxylation sites is 1. The minimum Gasteiger partial charge on any atom is -0.444 e. The highest BCUT2D eigenvalue weighted by molar-refractivity contribution is 14.0. The lowest BCUT2D eigenvalue weighted by molar-refractivity contribution is -0.274. The van der Waals surface area contributed by atoms with Gasteiger partial charge in [-0.2, -0.15) is 0 Å². The molecule has 0 saturated carbocycles. The summed E-state index contributed by atoms with van der Waals surface area (Å²) < 4.78 is 47.0. The Labute approximate surface area is 191 Å². The number of ether oxygens (including phenoxy) is 2. The fourth-order valence-electron chi connectivity index (χ4n) is 2.93. The fourth-order valence-corrected chi connectivity index (χ4v) is 2.93. The highest BCUT2D eigenvalue weighted by atomic mass is 127. The van der Waals surface area contributed by atoms with E-state index in [0.717, 1.165) is 0 Å². The number of nitrogens with zero attached hydrogens (tertiary/aromatic N) is 2. The van der Waals surface area contributed by atoms with Crippen LogP contribution < -0.4 is 15.4 Å². The standard InChI is InChI=1S/C19H27F3N4O3.HI/c1-18(2,3)29-17(27)25-14-9-10-26(12-14)16(23-4)24-11-13-7-5-6-8-15(13)28-19(20,21)22;/h5-8,14H,9-12H2,1-4H3,(H,23,24)(H,25,27);1H. The van der Waals surface area contributed by atoms with Crippen LogP contribution in [0.15, 0.2) is 29.3 Å². The lowest BCUT2D eigenvalue weighted by Gasteiger charge is -2.23. The van der Waals surface area contributed by atoms with Gasteiger partial charge in [0.25, 0.3) is 0 Å². The molecule has 0 aromatic heterocycles. The van der Waals surface area contributed by atoms with Gasteiger partial charge in [0.05, 0.1) is 6.04 Å². The van der Waals surface area contributed by atoms with E-state index >= 15 is 0 Å². The lowest BCUT2D eigenvalue weighted by Crippen LogP contribution is -2.44. The van der Waals surface area contributed by atoms with E-state index in [1.165, 1.54) is 12.1 Å². The molecule has 1 fully saturated rings. The molecule has 7 nitrogen and oxygen atoms in total. The van der Waals surface area contributed by atoms with Crippen molar-refractivity contribution in [1.82, 2.24) is 15.5 Å². The van der Waals surface area contributed by atoms with Gasteiger partial charge in [-0.25, -0.2) is 4.79 Å². The lowest BCUT2D eigenvalue weighted by atomic mass is 10.2. The molecule has 1 aliphatic rings. The van der Waals surface area contributed by atoms with Gasteiger partial charge in [0, 0.05) is 32.2 Å². The summed E-state index contributed by atoms with van der Waals surface area (Å²) in [6.45, 7) is 6.64. The van der Waals surface area contributed by atoms with Crippen molar-refractivity contribution < 1.29 is 27.4 Å². The minimum absolute atomic E-state index is 0. The topological polar surface area (TPSA) is 75.2 Å². The molecule has 0 bridgehead atoms. The summed E-state index contributed by atoms with van der Waals surface area (Å²) in [6, 6.07) is 5.83. The number of alkyl carbamates (subject to hydrolysis) is 1. The van der Waals surface area contributed by atoms with Crippen molar-refractivity contribution in [3.8, 4) is 5.75 Å². The molecule has 1 aromatic rings. The number of aliphatic imine (C=N–C) groups is 1. The molecule has 1 unspecified atom stereocenters. The molecule has 170 valence electrons. The Hall–Kier alpha value is -1.92. The van der Waals surface area contributed by atoms with E-state index in [2.05, 4.69) is 20.4 Å². The van der Waals surface area contributed by atoms with Gasteiger partial charge < -0.3 is 25.0 Å². The van der Waals surface area contributed by atoms with E-state index in [1.807, 2.05) is 4.90 Å². The second kappa shape index (κ2) is 10.9. The van der Waals surface area contributed by atoms with Crippen LogP contribution in [0.1, 0.15) is 32.8 Å². The number of carbonyl (C=O) groups is 1. The van der Waals surface area contributed by atoms with Gasteiger partial charge in [-0.05, 0) is 33.3 Å².